The number of carbonyl (C=O) groups excluding carboxylic acids is 1. The number of likely N-dealkylation sites (tertiary alicyclic amines) is 1. The number of likely N-dealkylation sites (N-methyl/N-ethyl adjacent to an activating group) is 1. The molecular formula is C20H25NO6. The third-order valence-electron chi connectivity index (χ3n) is 7.16. The van der Waals surface area contributed by atoms with E-state index in [-0.39, 0.29) is 31.5 Å². The molecule has 2 aliphatic carbocycles. The molecule has 0 amide bonds. The molecule has 5 rings (SSSR count). The molecular weight excluding hydrogens is 350 g/mol. The lowest BCUT2D eigenvalue weighted by atomic mass is 9.48. The average molecular weight is 375 g/mol. The smallest absolute Gasteiger partial charge is 0.177 e. The average Bonchev–Trinajstić information content (AvgIpc) is 3.01. The van der Waals surface area contributed by atoms with Gasteiger partial charge in [0.1, 0.15) is 5.60 Å². The van der Waals surface area contributed by atoms with Crippen molar-refractivity contribution >= 4 is 5.78 Å². The van der Waals surface area contributed by atoms with Crippen LogP contribution in [0.2, 0.25) is 0 Å². The summed E-state index contributed by atoms with van der Waals surface area (Å²) >= 11 is 0. The van der Waals surface area contributed by atoms with Crippen LogP contribution in [0, 0.1) is 0 Å². The molecule has 1 spiro atoms. The molecule has 0 aromatic heterocycles. The minimum Gasteiger partial charge on any atom is -0.493 e. The van der Waals surface area contributed by atoms with E-state index in [4.69, 9.17) is 14.2 Å². The van der Waals surface area contributed by atoms with Crippen LogP contribution in [0.1, 0.15) is 24.0 Å². The van der Waals surface area contributed by atoms with Crippen molar-refractivity contribution < 1.29 is 29.2 Å². The number of carbonyl (C=O) groups is 1. The Labute approximate surface area is 157 Å². The normalized spacial score (nSPS) is 39.1. The van der Waals surface area contributed by atoms with Crippen molar-refractivity contribution in [1.82, 2.24) is 4.90 Å². The molecule has 2 bridgehead atoms. The van der Waals surface area contributed by atoms with Gasteiger partial charge in [0.05, 0.1) is 31.8 Å². The fourth-order valence-electron chi connectivity index (χ4n) is 6.09. The summed E-state index contributed by atoms with van der Waals surface area (Å²) in [6.07, 6.45) is -0.0458. The van der Waals surface area contributed by atoms with Crippen LogP contribution < -0.4 is 9.47 Å². The van der Waals surface area contributed by atoms with E-state index in [1.807, 2.05) is 19.2 Å². The number of aliphatic hydroxyl groups is 2. The monoisotopic (exact) mass is 375 g/mol. The van der Waals surface area contributed by atoms with Gasteiger partial charge in [0, 0.05) is 18.0 Å². The highest BCUT2D eigenvalue weighted by Gasteiger charge is 2.76. The lowest BCUT2D eigenvalue weighted by Crippen LogP contribution is -2.80. The molecule has 2 heterocycles. The van der Waals surface area contributed by atoms with Crippen LogP contribution >= 0.6 is 0 Å². The molecule has 1 aromatic carbocycles. The summed E-state index contributed by atoms with van der Waals surface area (Å²) in [7, 11) is 3.60. The Morgan fingerprint density at radius 2 is 2.19 bits per heavy atom. The van der Waals surface area contributed by atoms with Crippen molar-refractivity contribution in [2.24, 2.45) is 0 Å². The van der Waals surface area contributed by atoms with Gasteiger partial charge in [-0.2, -0.15) is 0 Å². The first kappa shape index (κ1) is 17.4. The van der Waals surface area contributed by atoms with Gasteiger partial charge in [-0.3, -0.25) is 4.79 Å². The van der Waals surface area contributed by atoms with Crippen molar-refractivity contribution in [3.63, 3.8) is 0 Å². The Morgan fingerprint density at radius 1 is 1.37 bits per heavy atom. The number of rotatable bonds is 4. The quantitative estimate of drug-likeness (QED) is 0.768. The summed E-state index contributed by atoms with van der Waals surface area (Å²) in [6, 6.07) is 3.73. The third-order valence-corrected chi connectivity index (χ3v) is 7.16. The number of ketones is 1. The van der Waals surface area contributed by atoms with E-state index >= 15 is 0 Å². The molecule has 1 saturated heterocycles. The van der Waals surface area contributed by atoms with E-state index in [2.05, 4.69) is 4.90 Å². The predicted octanol–water partition coefficient (Wildman–Crippen LogP) is 0.0356. The van der Waals surface area contributed by atoms with Crippen LogP contribution in [0.4, 0.5) is 0 Å². The van der Waals surface area contributed by atoms with Crippen LogP contribution in [0.15, 0.2) is 12.1 Å². The summed E-state index contributed by atoms with van der Waals surface area (Å²) < 4.78 is 17.6. The van der Waals surface area contributed by atoms with Crippen molar-refractivity contribution in [1.29, 1.82) is 0 Å². The minimum absolute atomic E-state index is 0.0583. The number of Topliss-reactive ketones (excluding diaryl/α,β-unsaturated/α-hetero) is 1. The number of hydrogen-bond acceptors (Lipinski definition) is 7. The largest absolute Gasteiger partial charge is 0.493 e. The zero-order valence-electron chi connectivity index (χ0n) is 15.6. The SMILES string of the molecule is COc1ccc2c3c1OC1C(=O)CC(OCCO)C4(O)C(C2)N(C)CCC314. The van der Waals surface area contributed by atoms with Crippen molar-refractivity contribution in [3.8, 4) is 11.5 Å². The minimum atomic E-state index is -1.27. The van der Waals surface area contributed by atoms with E-state index in [0.717, 1.165) is 17.7 Å². The second-order valence-electron chi connectivity index (χ2n) is 8.13. The lowest BCUT2D eigenvalue weighted by Gasteiger charge is -2.64. The van der Waals surface area contributed by atoms with Gasteiger partial charge in [0.15, 0.2) is 23.4 Å². The van der Waals surface area contributed by atoms with E-state index in [9.17, 15) is 15.0 Å². The zero-order valence-corrected chi connectivity index (χ0v) is 15.6. The van der Waals surface area contributed by atoms with Gasteiger partial charge in [-0.1, -0.05) is 6.07 Å². The molecule has 4 aliphatic rings. The number of piperidine rings is 1. The Balaban J connectivity index is 1.78. The van der Waals surface area contributed by atoms with Gasteiger partial charge in [-0.05, 0) is 38.1 Å². The van der Waals surface area contributed by atoms with Crippen LogP contribution in [0.3, 0.4) is 0 Å². The molecule has 5 unspecified atom stereocenters. The molecule has 146 valence electrons. The third kappa shape index (κ3) is 1.88. The summed E-state index contributed by atoms with van der Waals surface area (Å²) in [5, 5.41) is 21.5. The summed E-state index contributed by atoms with van der Waals surface area (Å²) in [4.78, 5) is 15.2. The molecule has 2 aliphatic heterocycles. The number of aliphatic hydroxyl groups excluding tert-OH is 1. The maximum absolute atomic E-state index is 13.1. The summed E-state index contributed by atoms with van der Waals surface area (Å²) in [5.74, 6) is 1.13. The van der Waals surface area contributed by atoms with Gasteiger partial charge >= 0.3 is 0 Å². The van der Waals surface area contributed by atoms with Crippen LogP contribution in [0.25, 0.3) is 0 Å². The van der Waals surface area contributed by atoms with Crippen molar-refractivity contribution in [2.45, 2.75) is 48.5 Å². The Bertz CT molecular complexity index is 812. The van der Waals surface area contributed by atoms with Crippen LogP contribution in [0.5, 0.6) is 11.5 Å². The number of ether oxygens (including phenoxy) is 3. The van der Waals surface area contributed by atoms with E-state index in [1.165, 1.54) is 0 Å². The summed E-state index contributed by atoms with van der Waals surface area (Å²) in [5.41, 5.74) is -0.0791. The Morgan fingerprint density at radius 3 is 2.93 bits per heavy atom. The number of benzene rings is 1. The first-order chi connectivity index (χ1) is 13.0. The topological polar surface area (TPSA) is 88.5 Å². The van der Waals surface area contributed by atoms with Gasteiger partial charge in [0.25, 0.3) is 0 Å². The number of methoxy groups -OCH3 is 1. The van der Waals surface area contributed by atoms with E-state index < -0.39 is 23.2 Å². The molecule has 2 fully saturated rings. The van der Waals surface area contributed by atoms with Gasteiger partial charge in [0.2, 0.25) is 0 Å². The molecule has 5 atom stereocenters. The second-order valence-corrected chi connectivity index (χ2v) is 8.13. The van der Waals surface area contributed by atoms with E-state index in [0.29, 0.717) is 24.3 Å². The molecule has 1 saturated carbocycles. The highest BCUT2D eigenvalue weighted by Crippen LogP contribution is 2.65. The second kappa shape index (κ2) is 5.67. The van der Waals surface area contributed by atoms with Gasteiger partial charge < -0.3 is 29.3 Å². The maximum Gasteiger partial charge on any atom is 0.177 e. The van der Waals surface area contributed by atoms with Crippen molar-refractivity contribution in [2.75, 3.05) is 33.9 Å². The zero-order chi connectivity index (χ0) is 19.0. The van der Waals surface area contributed by atoms with E-state index in [1.54, 1.807) is 7.11 Å². The Kier molecular flexibility index (Phi) is 3.66. The fraction of sp³-hybridized carbons (Fsp3) is 0.650. The fourth-order valence-corrected chi connectivity index (χ4v) is 6.09. The van der Waals surface area contributed by atoms with Crippen LogP contribution in [-0.2, 0) is 21.4 Å². The summed E-state index contributed by atoms with van der Waals surface area (Å²) in [6.45, 7) is 0.711. The molecule has 1 aromatic rings. The molecule has 0 radical (unpaired) electrons. The Hall–Kier alpha value is -1.67. The molecule has 2 N–H and O–H groups in total. The van der Waals surface area contributed by atoms with Crippen LogP contribution in [-0.4, -0.2) is 78.7 Å². The molecule has 27 heavy (non-hydrogen) atoms. The first-order valence-corrected chi connectivity index (χ1v) is 9.53. The lowest BCUT2D eigenvalue weighted by molar-refractivity contribution is -0.238. The highest BCUT2D eigenvalue weighted by atomic mass is 16.5. The van der Waals surface area contributed by atoms with Gasteiger partial charge in [-0.25, -0.2) is 0 Å². The van der Waals surface area contributed by atoms with Crippen molar-refractivity contribution in [3.05, 3.63) is 23.3 Å². The number of nitrogens with zero attached hydrogens (tertiary/aromatic N) is 1. The highest BCUT2D eigenvalue weighted by molar-refractivity contribution is 5.90. The standard InChI is InChI=1S/C20H25NO6/c1-21-6-5-19-16-11-3-4-13(25-2)17(16)27-18(19)12(23)10-15(26-8-7-22)20(19,24)14(21)9-11/h3-4,14-15,18,22,24H,5-10H2,1-2H3. The van der Waals surface area contributed by atoms with Gasteiger partial charge in [-0.15, -0.1) is 0 Å². The molecule has 7 heteroatoms. The predicted molar refractivity (Wildman–Crippen MR) is 95.2 cm³/mol. The maximum atomic E-state index is 13.1. The first-order valence-electron chi connectivity index (χ1n) is 9.53. The number of hydrogen-bond donors (Lipinski definition) is 2. The molecule has 7 nitrogen and oxygen atoms in total.